The van der Waals surface area contributed by atoms with E-state index in [4.69, 9.17) is 18.0 Å². The van der Waals surface area contributed by atoms with Crippen LogP contribution in [-0.4, -0.2) is 11.0 Å². The van der Waals surface area contributed by atoms with Crippen LogP contribution in [0.4, 0.5) is 5.69 Å². The van der Waals surface area contributed by atoms with E-state index in [0.29, 0.717) is 11.0 Å². The normalized spacial score (nSPS) is 18.1. The van der Waals surface area contributed by atoms with Crippen LogP contribution in [0.5, 0.6) is 0 Å². The topological polar surface area (TPSA) is 38.0 Å². The molecular weight excluding hydrogens is 276 g/mol. The minimum atomic E-state index is 0.471. The minimum absolute atomic E-state index is 0.471. The monoisotopic (exact) mass is 296 g/mol. The van der Waals surface area contributed by atoms with E-state index in [9.17, 15) is 0 Å². The highest BCUT2D eigenvalue weighted by Crippen LogP contribution is 2.46. The molecule has 2 aliphatic carbocycles. The van der Waals surface area contributed by atoms with E-state index in [-0.39, 0.29) is 0 Å². The van der Waals surface area contributed by atoms with Crippen LogP contribution in [0.2, 0.25) is 0 Å². The van der Waals surface area contributed by atoms with Gasteiger partial charge in [0.2, 0.25) is 0 Å². The van der Waals surface area contributed by atoms with Crippen molar-refractivity contribution in [1.82, 2.24) is 0 Å². The molecule has 2 fully saturated rings. The van der Waals surface area contributed by atoms with Gasteiger partial charge in [-0.1, -0.05) is 36.5 Å². The summed E-state index contributed by atoms with van der Waals surface area (Å²) in [7, 11) is 0. The highest BCUT2D eigenvalue weighted by Gasteiger charge is 2.41. The van der Waals surface area contributed by atoms with Gasteiger partial charge < -0.3 is 11.1 Å². The lowest BCUT2D eigenvalue weighted by Gasteiger charge is -2.21. The van der Waals surface area contributed by atoms with E-state index >= 15 is 0 Å². The fourth-order valence-electron chi connectivity index (χ4n) is 3.35. The third-order valence-electron chi connectivity index (χ3n) is 4.77. The van der Waals surface area contributed by atoms with E-state index < -0.39 is 0 Å². The van der Waals surface area contributed by atoms with Crippen molar-refractivity contribution in [1.29, 1.82) is 0 Å². The first kappa shape index (κ1) is 13.1. The first-order valence-electron chi connectivity index (χ1n) is 7.82. The second-order valence-corrected chi connectivity index (χ2v) is 6.86. The summed E-state index contributed by atoms with van der Waals surface area (Å²) in [5, 5.41) is 6.21. The predicted molar refractivity (Wildman–Crippen MR) is 92.7 cm³/mol. The number of nitrogens with one attached hydrogen (secondary N) is 1. The Labute approximate surface area is 130 Å². The zero-order valence-electron chi connectivity index (χ0n) is 12.0. The molecule has 2 nitrogen and oxygen atoms in total. The van der Waals surface area contributed by atoms with Crippen molar-refractivity contribution in [3.8, 4) is 0 Å². The fraction of sp³-hybridized carbons (Fsp3) is 0.389. The van der Waals surface area contributed by atoms with E-state index in [2.05, 4.69) is 35.6 Å². The molecule has 0 amide bonds. The standard InChI is InChI=1S/C18H20N2S/c19-18(21)15-9-10-16(14-4-2-1-3-13(14)15)20-17(11-5-6-11)12-7-8-12/h1-4,9-12,17,20H,5-8H2,(H2,19,21). The molecule has 3 heteroatoms. The molecule has 0 heterocycles. The van der Waals surface area contributed by atoms with Crippen LogP contribution < -0.4 is 11.1 Å². The molecule has 3 N–H and O–H groups in total. The molecule has 2 aliphatic rings. The van der Waals surface area contributed by atoms with Gasteiger partial charge in [0.05, 0.1) is 0 Å². The molecule has 0 spiro atoms. The van der Waals surface area contributed by atoms with E-state index in [1.54, 1.807) is 0 Å². The van der Waals surface area contributed by atoms with Gasteiger partial charge in [-0.15, -0.1) is 0 Å². The highest BCUT2D eigenvalue weighted by atomic mass is 32.1. The third kappa shape index (κ3) is 2.51. The van der Waals surface area contributed by atoms with Crippen molar-refractivity contribution in [3.05, 3.63) is 42.0 Å². The average Bonchev–Trinajstić information content (AvgIpc) is 3.38. The Morgan fingerprint density at radius 2 is 1.62 bits per heavy atom. The lowest BCUT2D eigenvalue weighted by Crippen LogP contribution is -2.24. The lowest BCUT2D eigenvalue weighted by atomic mass is 10.0. The Hall–Kier alpha value is -1.61. The van der Waals surface area contributed by atoms with Crippen LogP contribution in [0.1, 0.15) is 31.2 Å². The van der Waals surface area contributed by atoms with Crippen LogP contribution in [-0.2, 0) is 0 Å². The largest absolute Gasteiger partial charge is 0.389 e. The quantitative estimate of drug-likeness (QED) is 0.817. The van der Waals surface area contributed by atoms with E-state index in [1.165, 1.54) is 36.8 Å². The van der Waals surface area contributed by atoms with Crippen molar-refractivity contribution in [2.24, 2.45) is 17.6 Å². The molecular formula is C18H20N2S. The molecule has 0 unspecified atom stereocenters. The van der Waals surface area contributed by atoms with Gasteiger partial charge in [0, 0.05) is 22.7 Å². The third-order valence-corrected chi connectivity index (χ3v) is 4.99. The molecule has 2 saturated carbocycles. The van der Waals surface area contributed by atoms with Crippen molar-refractivity contribution in [2.45, 2.75) is 31.7 Å². The predicted octanol–water partition coefficient (Wildman–Crippen LogP) is 4.07. The fourth-order valence-corrected chi connectivity index (χ4v) is 3.53. The minimum Gasteiger partial charge on any atom is -0.389 e. The number of benzene rings is 2. The Bertz CT molecular complexity index is 689. The van der Waals surface area contributed by atoms with Gasteiger partial charge in [-0.3, -0.25) is 0 Å². The Kier molecular flexibility index (Phi) is 3.11. The SMILES string of the molecule is NC(=S)c1ccc(NC(C2CC2)C2CC2)c2ccccc12. The highest BCUT2D eigenvalue weighted by molar-refractivity contribution is 7.80. The summed E-state index contributed by atoms with van der Waals surface area (Å²) < 4.78 is 0. The summed E-state index contributed by atoms with van der Waals surface area (Å²) in [6.45, 7) is 0. The molecule has 0 atom stereocenters. The number of nitrogens with two attached hydrogens (primary N) is 1. The molecule has 2 aromatic carbocycles. The molecule has 0 aliphatic heterocycles. The van der Waals surface area contributed by atoms with Gasteiger partial charge >= 0.3 is 0 Å². The number of thiocarbonyl (C=S) groups is 1. The lowest BCUT2D eigenvalue weighted by molar-refractivity contribution is 0.568. The summed E-state index contributed by atoms with van der Waals surface area (Å²) in [4.78, 5) is 0.471. The van der Waals surface area contributed by atoms with Crippen LogP contribution in [0.25, 0.3) is 10.8 Å². The zero-order chi connectivity index (χ0) is 14.4. The van der Waals surface area contributed by atoms with Crippen molar-refractivity contribution < 1.29 is 0 Å². The van der Waals surface area contributed by atoms with Gasteiger partial charge in [-0.2, -0.15) is 0 Å². The summed E-state index contributed by atoms with van der Waals surface area (Å²) in [6.07, 6.45) is 5.54. The number of hydrogen-bond donors (Lipinski definition) is 2. The summed E-state index contributed by atoms with van der Waals surface area (Å²) in [6, 6.07) is 13.3. The first-order chi connectivity index (χ1) is 10.2. The van der Waals surface area contributed by atoms with Crippen molar-refractivity contribution in [3.63, 3.8) is 0 Å². The van der Waals surface area contributed by atoms with Gasteiger partial charge in [0.1, 0.15) is 4.99 Å². The maximum absolute atomic E-state index is 5.86. The Balaban J connectivity index is 1.74. The van der Waals surface area contributed by atoms with Crippen LogP contribution in [0.15, 0.2) is 36.4 Å². The molecule has 0 radical (unpaired) electrons. The van der Waals surface area contributed by atoms with Gasteiger partial charge in [0.15, 0.2) is 0 Å². The van der Waals surface area contributed by atoms with Gasteiger partial charge in [-0.05, 0) is 55.0 Å². The summed E-state index contributed by atoms with van der Waals surface area (Å²) in [5.74, 6) is 1.76. The maximum atomic E-state index is 5.86. The Morgan fingerprint density at radius 1 is 1.00 bits per heavy atom. The molecule has 108 valence electrons. The number of hydrogen-bond acceptors (Lipinski definition) is 2. The maximum Gasteiger partial charge on any atom is 0.104 e. The second kappa shape index (κ2) is 4.99. The van der Waals surface area contributed by atoms with E-state index in [0.717, 1.165) is 22.8 Å². The van der Waals surface area contributed by atoms with Gasteiger partial charge in [0.25, 0.3) is 0 Å². The smallest absolute Gasteiger partial charge is 0.104 e. The molecule has 0 aromatic heterocycles. The zero-order valence-corrected chi connectivity index (χ0v) is 12.8. The molecule has 2 aromatic rings. The van der Waals surface area contributed by atoms with Gasteiger partial charge in [-0.25, -0.2) is 0 Å². The van der Waals surface area contributed by atoms with Crippen LogP contribution in [0, 0.1) is 11.8 Å². The summed E-state index contributed by atoms with van der Waals surface area (Å²) in [5.41, 5.74) is 8.06. The number of anilines is 1. The van der Waals surface area contributed by atoms with Crippen LogP contribution in [0.3, 0.4) is 0 Å². The first-order valence-corrected chi connectivity index (χ1v) is 8.23. The molecule has 0 bridgehead atoms. The van der Waals surface area contributed by atoms with Crippen molar-refractivity contribution >= 4 is 33.7 Å². The number of fused-ring (bicyclic) bond motifs is 1. The second-order valence-electron chi connectivity index (χ2n) is 6.42. The van der Waals surface area contributed by atoms with Crippen molar-refractivity contribution in [2.75, 3.05) is 5.32 Å². The molecule has 21 heavy (non-hydrogen) atoms. The average molecular weight is 296 g/mol. The molecule has 0 saturated heterocycles. The molecule has 4 rings (SSSR count). The van der Waals surface area contributed by atoms with E-state index in [1.807, 2.05) is 6.07 Å². The number of rotatable bonds is 5. The Morgan fingerprint density at radius 3 is 2.19 bits per heavy atom. The summed E-state index contributed by atoms with van der Waals surface area (Å²) >= 11 is 5.18. The van der Waals surface area contributed by atoms with Crippen LogP contribution >= 0.6 is 12.2 Å².